The van der Waals surface area contributed by atoms with Gasteiger partial charge in [0.1, 0.15) is 0 Å². The summed E-state index contributed by atoms with van der Waals surface area (Å²) in [6.07, 6.45) is 5.65. The van der Waals surface area contributed by atoms with E-state index in [9.17, 15) is 0 Å². The molecule has 0 amide bonds. The van der Waals surface area contributed by atoms with Crippen molar-refractivity contribution in [1.82, 2.24) is 0 Å². The second kappa shape index (κ2) is 3.64. The van der Waals surface area contributed by atoms with E-state index in [0.29, 0.717) is 0 Å². The molecule has 3 rings (SSSR count). The van der Waals surface area contributed by atoms with Gasteiger partial charge in [-0.05, 0) is 35.3 Å². The summed E-state index contributed by atoms with van der Waals surface area (Å²) in [5, 5.41) is 2.69. The van der Waals surface area contributed by atoms with Crippen LogP contribution in [0.4, 0.5) is 0 Å². The highest BCUT2D eigenvalue weighted by atomic mass is 14.1. The molecule has 0 heterocycles. The van der Waals surface area contributed by atoms with Gasteiger partial charge in [-0.3, -0.25) is 0 Å². The van der Waals surface area contributed by atoms with Crippen molar-refractivity contribution in [2.45, 2.75) is 13.3 Å². The fourth-order valence-corrected chi connectivity index (χ4v) is 2.36. The van der Waals surface area contributed by atoms with Crippen molar-refractivity contribution in [3.63, 3.8) is 0 Å². The van der Waals surface area contributed by atoms with Crippen LogP contribution in [-0.4, -0.2) is 0 Å². The van der Waals surface area contributed by atoms with Gasteiger partial charge in [-0.1, -0.05) is 60.2 Å². The molecule has 78 valence electrons. The molecule has 2 aromatic rings. The van der Waals surface area contributed by atoms with E-state index in [1.165, 1.54) is 27.5 Å². The van der Waals surface area contributed by atoms with Crippen molar-refractivity contribution in [2.75, 3.05) is 0 Å². The Morgan fingerprint density at radius 3 is 2.56 bits per heavy atom. The minimum absolute atomic E-state index is 1.07. The molecule has 0 atom stereocenters. The summed E-state index contributed by atoms with van der Waals surface area (Å²) in [5.74, 6) is 0. The molecule has 0 fully saturated rings. The quantitative estimate of drug-likeness (QED) is 0.641. The second-order valence-corrected chi connectivity index (χ2v) is 4.35. The van der Waals surface area contributed by atoms with Crippen molar-refractivity contribution in [2.24, 2.45) is 0 Å². The van der Waals surface area contributed by atoms with E-state index in [1.807, 2.05) is 0 Å². The van der Waals surface area contributed by atoms with Crippen molar-refractivity contribution >= 4 is 16.3 Å². The largest absolute Gasteiger partial charge is 0.0772 e. The van der Waals surface area contributed by atoms with Crippen LogP contribution < -0.4 is 0 Å². The molecule has 0 N–H and O–H groups in total. The monoisotopic (exact) mass is 206 g/mol. The first-order valence-corrected chi connectivity index (χ1v) is 5.70. The minimum Gasteiger partial charge on any atom is -0.0772 e. The number of allylic oxidation sites excluding steroid dienone is 4. The Morgan fingerprint density at radius 1 is 0.938 bits per heavy atom. The van der Waals surface area contributed by atoms with Gasteiger partial charge in [0.15, 0.2) is 0 Å². The molecule has 1 aliphatic rings. The molecule has 0 aliphatic heterocycles. The Bertz CT molecular complexity index is 595. The van der Waals surface area contributed by atoms with Crippen molar-refractivity contribution < 1.29 is 0 Å². The van der Waals surface area contributed by atoms with Crippen LogP contribution in [0.3, 0.4) is 0 Å². The Labute approximate surface area is 95.9 Å². The normalized spacial score (nSPS) is 15.1. The predicted molar refractivity (Wildman–Crippen MR) is 70.3 cm³/mol. The smallest absolute Gasteiger partial charge is 0.00855 e. The fraction of sp³-hybridized carbons (Fsp3) is 0.125. The maximum atomic E-state index is 2.29. The zero-order valence-corrected chi connectivity index (χ0v) is 9.40. The summed E-state index contributed by atoms with van der Waals surface area (Å²) < 4.78 is 0. The van der Waals surface area contributed by atoms with Crippen LogP contribution in [0.15, 0.2) is 60.2 Å². The molecule has 1 aliphatic carbocycles. The highest BCUT2D eigenvalue weighted by molar-refractivity contribution is 5.95. The highest BCUT2D eigenvalue weighted by Crippen LogP contribution is 2.31. The van der Waals surface area contributed by atoms with E-state index < -0.39 is 0 Å². The van der Waals surface area contributed by atoms with Crippen molar-refractivity contribution in [3.8, 4) is 0 Å². The van der Waals surface area contributed by atoms with Crippen LogP contribution in [-0.2, 0) is 0 Å². The van der Waals surface area contributed by atoms with Crippen LogP contribution >= 0.6 is 0 Å². The summed E-state index contributed by atoms with van der Waals surface area (Å²) in [7, 11) is 0. The molecule has 0 unspecified atom stereocenters. The third-order valence-corrected chi connectivity index (χ3v) is 3.18. The average Bonchev–Trinajstić information content (AvgIpc) is 2.75. The van der Waals surface area contributed by atoms with Gasteiger partial charge in [-0.15, -0.1) is 0 Å². The third-order valence-electron chi connectivity index (χ3n) is 3.18. The Hall–Kier alpha value is -1.82. The van der Waals surface area contributed by atoms with Gasteiger partial charge in [0, 0.05) is 0 Å². The number of rotatable bonds is 1. The summed E-state index contributed by atoms with van der Waals surface area (Å²) >= 11 is 0. The Kier molecular flexibility index (Phi) is 2.14. The van der Waals surface area contributed by atoms with E-state index >= 15 is 0 Å². The second-order valence-electron chi connectivity index (χ2n) is 4.35. The van der Waals surface area contributed by atoms with E-state index in [0.717, 1.165) is 6.42 Å². The zero-order valence-electron chi connectivity index (χ0n) is 9.40. The first kappa shape index (κ1) is 9.41. The van der Waals surface area contributed by atoms with Crippen molar-refractivity contribution in [1.29, 1.82) is 0 Å². The standard InChI is InChI=1S/C16H14/c1-12-9-10-14(11-12)16-8-4-6-13-5-2-3-7-15(13)16/h2-9,11H,10H2,1H3. The molecule has 0 saturated carbocycles. The van der Waals surface area contributed by atoms with Crippen LogP contribution in [0.2, 0.25) is 0 Å². The topological polar surface area (TPSA) is 0 Å². The molecule has 0 nitrogen and oxygen atoms in total. The van der Waals surface area contributed by atoms with Gasteiger partial charge in [0.05, 0.1) is 0 Å². The van der Waals surface area contributed by atoms with Gasteiger partial charge in [0.2, 0.25) is 0 Å². The lowest BCUT2D eigenvalue weighted by atomic mass is 9.98. The number of fused-ring (bicyclic) bond motifs is 1. The lowest BCUT2D eigenvalue weighted by Crippen LogP contribution is -1.83. The molecule has 0 aromatic heterocycles. The maximum absolute atomic E-state index is 2.29. The summed E-state index contributed by atoms with van der Waals surface area (Å²) in [4.78, 5) is 0. The van der Waals surface area contributed by atoms with E-state index in [1.54, 1.807) is 0 Å². The van der Waals surface area contributed by atoms with E-state index in [4.69, 9.17) is 0 Å². The van der Waals surface area contributed by atoms with E-state index in [-0.39, 0.29) is 0 Å². The first-order valence-electron chi connectivity index (χ1n) is 5.70. The van der Waals surface area contributed by atoms with Crippen LogP contribution in [0, 0.1) is 0 Å². The maximum Gasteiger partial charge on any atom is -0.00855 e. The Balaban J connectivity index is 2.21. The molecular weight excluding hydrogens is 192 g/mol. The zero-order chi connectivity index (χ0) is 11.0. The van der Waals surface area contributed by atoms with Gasteiger partial charge < -0.3 is 0 Å². The van der Waals surface area contributed by atoms with Gasteiger partial charge in [-0.25, -0.2) is 0 Å². The number of benzene rings is 2. The van der Waals surface area contributed by atoms with Crippen molar-refractivity contribution in [3.05, 3.63) is 65.8 Å². The molecular formula is C16H14. The molecule has 0 bridgehead atoms. The van der Waals surface area contributed by atoms with E-state index in [2.05, 4.69) is 61.5 Å². The molecule has 16 heavy (non-hydrogen) atoms. The van der Waals surface area contributed by atoms with Gasteiger partial charge >= 0.3 is 0 Å². The molecule has 0 radical (unpaired) electrons. The number of hydrogen-bond donors (Lipinski definition) is 0. The minimum atomic E-state index is 1.07. The van der Waals surface area contributed by atoms with Crippen LogP contribution in [0.1, 0.15) is 18.9 Å². The first-order chi connectivity index (χ1) is 7.84. The summed E-state index contributed by atoms with van der Waals surface area (Å²) in [5.41, 5.74) is 4.20. The third kappa shape index (κ3) is 1.47. The highest BCUT2D eigenvalue weighted by Gasteiger charge is 2.08. The molecule has 2 aromatic carbocycles. The lowest BCUT2D eigenvalue weighted by Gasteiger charge is -2.07. The number of hydrogen-bond acceptors (Lipinski definition) is 0. The Morgan fingerprint density at radius 2 is 1.75 bits per heavy atom. The molecule has 0 saturated heterocycles. The summed E-state index contributed by atoms with van der Waals surface area (Å²) in [6, 6.07) is 15.1. The molecule has 0 spiro atoms. The molecule has 0 heteroatoms. The fourth-order valence-electron chi connectivity index (χ4n) is 2.36. The van der Waals surface area contributed by atoms with Gasteiger partial charge in [0.25, 0.3) is 0 Å². The van der Waals surface area contributed by atoms with Crippen LogP contribution in [0.5, 0.6) is 0 Å². The predicted octanol–water partition coefficient (Wildman–Crippen LogP) is 4.57. The summed E-state index contributed by atoms with van der Waals surface area (Å²) in [6.45, 7) is 2.16. The SMILES string of the molecule is CC1=CCC(c2cccc3ccccc23)=C1. The van der Waals surface area contributed by atoms with Gasteiger partial charge in [-0.2, -0.15) is 0 Å². The van der Waals surface area contributed by atoms with Crippen LogP contribution in [0.25, 0.3) is 16.3 Å². The lowest BCUT2D eigenvalue weighted by molar-refractivity contribution is 1.42. The average molecular weight is 206 g/mol.